The summed E-state index contributed by atoms with van der Waals surface area (Å²) >= 11 is 1.09. The van der Waals surface area contributed by atoms with Gasteiger partial charge in [0, 0.05) is 30.1 Å². The van der Waals surface area contributed by atoms with E-state index in [0.29, 0.717) is 25.3 Å². The number of aliphatic carboxylic acids is 1. The Labute approximate surface area is 122 Å². The molecule has 3 N–H and O–H groups in total. The number of carbonyl (C=O) groups is 3. The Morgan fingerprint density at radius 3 is 2.76 bits per heavy atom. The van der Waals surface area contributed by atoms with E-state index in [9.17, 15) is 19.5 Å². The minimum atomic E-state index is -1.66. The van der Waals surface area contributed by atoms with Gasteiger partial charge in [0.05, 0.1) is 12.7 Å². The van der Waals surface area contributed by atoms with E-state index in [1.165, 1.54) is 0 Å². The highest BCUT2D eigenvalue weighted by atomic mass is 32.1. The van der Waals surface area contributed by atoms with Gasteiger partial charge in [0.1, 0.15) is 10.6 Å². The number of rotatable bonds is 2. The summed E-state index contributed by atoms with van der Waals surface area (Å²) in [4.78, 5) is 36.4. The van der Waals surface area contributed by atoms with Crippen LogP contribution in [0.4, 0.5) is 5.00 Å². The van der Waals surface area contributed by atoms with Crippen LogP contribution >= 0.6 is 11.3 Å². The standard InChI is InChI=1S/C12H12N2O6S/c15-9(12(18)19)13-10-8(11(16)17)7-5-3-14(1-2-20-5)4-6(7)21-10/h5H,1-4H2,(H,13,15)(H,16,17)(H,18,19). The van der Waals surface area contributed by atoms with Crippen LogP contribution in [0.1, 0.15) is 26.9 Å². The lowest BCUT2D eigenvalue weighted by Crippen LogP contribution is -2.41. The number of aromatic carboxylic acids is 1. The molecule has 1 aromatic heterocycles. The van der Waals surface area contributed by atoms with Gasteiger partial charge in [-0.3, -0.25) is 9.69 Å². The van der Waals surface area contributed by atoms with Crippen molar-refractivity contribution in [2.45, 2.75) is 12.6 Å². The van der Waals surface area contributed by atoms with E-state index in [-0.39, 0.29) is 16.7 Å². The first kappa shape index (κ1) is 14.0. The van der Waals surface area contributed by atoms with E-state index in [1.807, 2.05) is 0 Å². The van der Waals surface area contributed by atoms with Gasteiger partial charge in [-0.25, -0.2) is 9.59 Å². The van der Waals surface area contributed by atoms with Crippen LogP contribution in [0.5, 0.6) is 0 Å². The lowest BCUT2D eigenvalue weighted by molar-refractivity contribution is -0.147. The molecule has 0 aromatic carbocycles. The monoisotopic (exact) mass is 312 g/mol. The van der Waals surface area contributed by atoms with E-state index < -0.39 is 17.8 Å². The highest BCUT2D eigenvalue weighted by molar-refractivity contribution is 7.17. The van der Waals surface area contributed by atoms with E-state index in [2.05, 4.69) is 10.2 Å². The Morgan fingerprint density at radius 2 is 2.10 bits per heavy atom. The summed E-state index contributed by atoms with van der Waals surface area (Å²) in [6.45, 7) is 2.49. The van der Waals surface area contributed by atoms with Crippen LogP contribution in [-0.4, -0.2) is 52.7 Å². The fraction of sp³-hybridized carbons (Fsp3) is 0.417. The van der Waals surface area contributed by atoms with Crippen molar-refractivity contribution in [1.82, 2.24) is 4.90 Å². The molecule has 3 rings (SSSR count). The second kappa shape index (κ2) is 5.10. The molecule has 0 radical (unpaired) electrons. The highest BCUT2D eigenvalue weighted by Crippen LogP contribution is 2.43. The molecule has 2 bridgehead atoms. The Kier molecular flexibility index (Phi) is 3.40. The summed E-state index contributed by atoms with van der Waals surface area (Å²) in [5.41, 5.74) is 0.500. The normalized spacial score (nSPS) is 23.2. The molecule has 0 aliphatic carbocycles. The Balaban J connectivity index is 2.04. The van der Waals surface area contributed by atoms with Crippen LogP contribution in [0.15, 0.2) is 0 Å². The second-order valence-corrected chi connectivity index (χ2v) is 5.91. The zero-order valence-electron chi connectivity index (χ0n) is 10.8. The molecular weight excluding hydrogens is 300 g/mol. The van der Waals surface area contributed by atoms with Crippen molar-refractivity contribution in [2.24, 2.45) is 0 Å². The molecule has 2 aliphatic heterocycles. The molecule has 9 heteroatoms. The molecule has 1 aromatic rings. The lowest BCUT2D eigenvalue weighted by atomic mass is 9.99. The third kappa shape index (κ3) is 2.39. The molecule has 0 spiro atoms. The van der Waals surface area contributed by atoms with E-state index in [4.69, 9.17) is 9.84 Å². The number of hydrogen-bond acceptors (Lipinski definition) is 6. The molecule has 3 heterocycles. The van der Waals surface area contributed by atoms with Gasteiger partial charge in [-0.1, -0.05) is 0 Å². The molecule has 2 unspecified atom stereocenters. The van der Waals surface area contributed by atoms with Crippen LogP contribution in [0.25, 0.3) is 0 Å². The molecule has 2 aliphatic rings. The third-order valence-electron chi connectivity index (χ3n) is 3.50. The van der Waals surface area contributed by atoms with Gasteiger partial charge in [0.15, 0.2) is 0 Å². The van der Waals surface area contributed by atoms with E-state index in [0.717, 1.165) is 22.8 Å². The molecule has 1 amide bonds. The average molecular weight is 312 g/mol. The quantitative estimate of drug-likeness (QED) is 0.675. The molecule has 112 valence electrons. The number of thiophene rings is 1. The Hall–Kier alpha value is -1.97. The number of nitrogens with one attached hydrogen (secondary N) is 1. The molecule has 2 atom stereocenters. The number of amides is 1. The number of fused-ring (bicyclic) bond motifs is 4. The van der Waals surface area contributed by atoms with Crippen LogP contribution in [0.3, 0.4) is 0 Å². The minimum absolute atomic E-state index is 0.0530. The summed E-state index contributed by atoms with van der Waals surface area (Å²) in [6.07, 6.45) is -0.347. The first-order valence-electron chi connectivity index (χ1n) is 6.24. The lowest BCUT2D eigenvalue weighted by Gasteiger charge is -2.37. The van der Waals surface area contributed by atoms with Crippen molar-refractivity contribution < 1.29 is 29.3 Å². The zero-order valence-corrected chi connectivity index (χ0v) is 11.6. The largest absolute Gasteiger partial charge is 0.478 e. The van der Waals surface area contributed by atoms with Crippen molar-refractivity contribution in [3.05, 3.63) is 16.0 Å². The number of morpholine rings is 1. The van der Waals surface area contributed by atoms with E-state index in [1.54, 1.807) is 0 Å². The Morgan fingerprint density at radius 1 is 1.33 bits per heavy atom. The van der Waals surface area contributed by atoms with Crippen molar-refractivity contribution in [1.29, 1.82) is 0 Å². The van der Waals surface area contributed by atoms with Gasteiger partial charge in [-0.05, 0) is 0 Å². The summed E-state index contributed by atoms with van der Waals surface area (Å²) < 4.78 is 5.60. The predicted octanol–water partition coefficient (Wildman–Crippen LogP) is 0.356. The fourth-order valence-corrected chi connectivity index (χ4v) is 3.91. The van der Waals surface area contributed by atoms with Crippen molar-refractivity contribution in [2.75, 3.05) is 25.0 Å². The maximum atomic E-state index is 11.5. The number of carboxylic acids is 2. The van der Waals surface area contributed by atoms with Gasteiger partial charge >= 0.3 is 17.8 Å². The number of hydrogen-bond donors (Lipinski definition) is 3. The number of ether oxygens (including phenoxy) is 1. The molecule has 0 saturated carbocycles. The van der Waals surface area contributed by atoms with Gasteiger partial charge in [-0.15, -0.1) is 11.3 Å². The number of carbonyl (C=O) groups excluding carboxylic acids is 1. The third-order valence-corrected chi connectivity index (χ3v) is 4.60. The minimum Gasteiger partial charge on any atom is -0.478 e. The summed E-state index contributed by atoms with van der Waals surface area (Å²) in [5.74, 6) is -4.10. The predicted molar refractivity (Wildman–Crippen MR) is 71.5 cm³/mol. The smallest absolute Gasteiger partial charge is 0.394 e. The second-order valence-electron chi connectivity index (χ2n) is 4.80. The SMILES string of the molecule is O=C(O)C(=O)Nc1sc2c(c1C(=O)O)C1CN(CCO1)C2. The molecule has 8 nitrogen and oxygen atoms in total. The van der Waals surface area contributed by atoms with Crippen LogP contribution in [0.2, 0.25) is 0 Å². The summed E-state index contributed by atoms with van der Waals surface area (Å²) in [5, 5.41) is 20.2. The maximum Gasteiger partial charge on any atom is 0.394 e. The first-order valence-corrected chi connectivity index (χ1v) is 7.06. The van der Waals surface area contributed by atoms with Gasteiger partial charge < -0.3 is 20.3 Å². The molecule has 1 fully saturated rings. The number of anilines is 1. The zero-order chi connectivity index (χ0) is 15.1. The number of carboxylic acid groups (broad SMARTS) is 2. The fourth-order valence-electron chi connectivity index (χ4n) is 2.63. The maximum absolute atomic E-state index is 11.5. The Bertz CT molecular complexity index is 640. The average Bonchev–Trinajstić information content (AvgIpc) is 2.77. The highest BCUT2D eigenvalue weighted by Gasteiger charge is 2.37. The molecule has 21 heavy (non-hydrogen) atoms. The summed E-state index contributed by atoms with van der Waals surface area (Å²) in [7, 11) is 0. The van der Waals surface area contributed by atoms with Crippen LogP contribution < -0.4 is 5.32 Å². The van der Waals surface area contributed by atoms with Gasteiger partial charge in [-0.2, -0.15) is 0 Å². The summed E-state index contributed by atoms with van der Waals surface area (Å²) in [6, 6.07) is 0. The van der Waals surface area contributed by atoms with Crippen LogP contribution in [-0.2, 0) is 20.9 Å². The van der Waals surface area contributed by atoms with Crippen molar-refractivity contribution >= 4 is 34.2 Å². The number of nitrogens with zero attached hydrogens (tertiary/aromatic N) is 1. The van der Waals surface area contributed by atoms with Crippen molar-refractivity contribution in [3.63, 3.8) is 0 Å². The van der Waals surface area contributed by atoms with Gasteiger partial charge in [0.2, 0.25) is 0 Å². The van der Waals surface area contributed by atoms with E-state index >= 15 is 0 Å². The molecule has 1 saturated heterocycles. The van der Waals surface area contributed by atoms with Gasteiger partial charge in [0.25, 0.3) is 0 Å². The topological polar surface area (TPSA) is 116 Å². The molecular formula is C12H12N2O6S. The first-order chi connectivity index (χ1) is 9.97. The van der Waals surface area contributed by atoms with Crippen molar-refractivity contribution in [3.8, 4) is 0 Å². The van der Waals surface area contributed by atoms with Crippen LogP contribution in [0, 0.1) is 0 Å².